The first-order valence-electron chi connectivity index (χ1n) is 19.1. The smallest absolute Gasteiger partial charge is 0.408 e. The number of hydrogen-bond acceptors (Lipinski definition) is 15. The molecule has 8 rings (SSSR count). The molecule has 0 bridgehead atoms. The van der Waals surface area contributed by atoms with Crippen LogP contribution in [-0.4, -0.2) is 88.7 Å². The standard InChI is InChI=1S/C41H37FN4O15/c1-4-6-27(17-7-10-28(25(11-17)46(56)57)59-38-34(49)32(47)33(48)35(61-38)37(51)52)60-40(54)44-23-9-8-18-16(3)22(42)13-24-29(18)30(23)19-14-45-26(31(19)43-24)12-21-20(36(45)50)15-58-39(53)41(21,55)5-2/h1,7,10-13,23,27,32-35,38,47-49,55H,5-6,8-9,14-15H2,2-3H3,(H,44,54)(H,51,52)/t23-,27?,32?,33?,34?,35?,38?,41?/m0/s1. The summed E-state index contributed by atoms with van der Waals surface area (Å²) in [5, 5.41) is 66.9. The number of terminal acetylenes is 1. The van der Waals surface area contributed by atoms with Gasteiger partial charge in [0.25, 0.3) is 5.56 Å². The lowest BCUT2D eigenvalue weighted by molar-refractivity contribution is -0.387. The van der Waals surface area contributed by atoms with Crippen molar-refractivity contribution in [1.82, 2.24) is 14.9 Å². The number of carboxylic acids is 1. The van der Waals surface area contributed by atoms with E-state index in [1.54, 1.807) is 13.8 Å². The second-order valence-corrected chi connectivity index (χ2v) is 15.2. The molecule has 2 aromatic carbocycles. The zero-order chi connectivity index (χ0) is 43.8. The van der Waals surface area contributed by atoms with Gasteiger partial charge in [-0.25, -0.2) is 23.8 Å². The number of benzene rings is 2. The Morgan fingerprint density at radius 1 is 1.16 bits per heavy atom. The number of ether oxygens (including phenoxy) is 4. The first-order chi connectivity index (χ1) is 29.0. The highest BCUT2D eigenvalue weighted by Gasteiger charge is 2.49. The number of cyclic esters (lactones) is 1. The molecule has 4 aliphatic rings. The highest BCUT2D eigenvalue weighted by molar-refractivity contribution is 5.93. The topological polar surface area (TPSA) is 279 Å². The van der Waals surface area contributed by atoms with Gasteiger partial charge in [-0.15, -0.1) is 12.3 Å². The van der Waals surface area contributed by atoms with Crippen molar-refractivity contribution in [1.29, 1.82) is 0 Å². The van der Waals surface area contributed by atoms with E-state index < -0.39 is 94.2 Å². The van der Waals surface area contributed by atoms with Gasteiger partial charge < -0.3 is 54.4 Å². The summed E-state index contributed by atoms with van der Waals surface area (Å²) in [6.45, 7) is 2.83. The van der Waals surface area contributed by atoms with Crippen molar-refractivity contribution in [3.8, 4) is 29.5 Å². The SMILES string of the molecule is C#CCC(OC(=O)N[C@H]1CCc2c(C)c(F)cc3nc4c(c1c23)Cn1c-4cc2c(c1=O)COC(=O)C2(O)CC)c1ccc(OC2OC(C(=O)O)C(O)C(O)C2O)c([N+](=O)[O-])c1. The molecule has 4 aromatic rings. The molecule has 7 unspecified atom stereocenters. The van der Waals surface area contributed by atoms with Crippen LogP contribution in [0.2, 0.25) is 0 Å². The molecule has 1 saturated heterocycles. The Bertz CT molecular complexity index is 2680. The molecule has 2 aromatic heterocycles. The second-order valence-electron chi connectivity index (χ2n) is 15.2. The van der Waals surface area contributed by atoms with Gasteiger partial charge in [-0.1, -0.05) is 13.0 Å². The molecule has 3 aliphatic heterocycles. The molecular formula is C41H37FN4O15. The largest absolute Gasteiger partial charge is 0.479 e. The van der Waals surface area contributed by atoms with Crippen LogP contribution in [0.15, 0.2) is 35.1 Å². The van der Waals surface area contributed by atoms with E-state index in [-0.39, 0.29) is 66.0 Å². The Labute approximate surface area is 343 Å². The monoisotopic (exact) mass is 844 g/mol. The van der Waals surface area contributed by atoms with E-state index >= 15 is 4.39 Å². The van der Waals surface area contributed by atoms with Gasteiger partial charge in [0.15, 0.2) is 17.5 Å². The van der Waals surface area contributed by atoms with Crippen LogP contribution in [0.25, 0.3) is 22.3 Å². The minimum absolute atomic E-state index is 0.0200. The van der Waals surface area contributed by atoms with Crippen molar-refractivity contribution >= 4 is 34.6 Å². The van der Waals surface area contributed by atoms with Crippen molar-refractivity contribution in [3.63, 3.8) is 0 Å². The summed E-state index contributed by atoms with van der Waals surface area (Å²) in [5.41, 5.74) is -0.205. The number of pyridine rings is 2. The number of aliphatic hydroxyl groups excluding tert-OH is 3. The lowest BCUT2D eigenvalue weighted by atomic mass is 9.81. The number of nitro benzene ring substituents is 1. The lowest BCUT2D eigenvalue weighted by Crippen LogP contribution is -2.61. The number of esters is 1. The summed E-state index contributed by atoms with van der Waals surface area (Å²) >= 11 is 0. The maximum Gasteiger partial charge on any atom is 0.408 e. The number of carbonyl (C=O) groups excluding carboxylic acids is 2. The summed E-state index contributed by atoms with van der Waals surface area (Å²) < 4.78 is 38.3. The van der Waals surface area contributed by atoms with E-state index in [0.717, 1.165) is 12.1 Å². The molecule has 6 N–H and O–H groups in total. The van der Waals surface area contributed by atoms with E-state index in [0.29, 0.717) is 34.1 Å². The first-order valence-corrected chi connectivity index (χ1v) is 19.1. The van der Waals surface area contributed by atoms with Crippen LogP contribution in [0.1, 0.15) is 77.3 Å². The van der Waals surface area contributed by atoms with Crippen molar-refractivity contribution in [2.24, 2.45) is 0 Å². The van der Waals surface area contributed by atoms with Gasteiger partial charge in [0, 0.05) is 34.2 Å². The van der Waals surface area contributed by atoms with Crippen LogP contribution >= 0.6 is 0 Å². The van der Waals surface area contributed by atoms with Gasteiger partial charge in [0.05, 0.1) is 46.4 Å². The average Bonchev–Trinajstić information content (AvgIpc) is 3.60. The molecule has 8 atom stereocenters. The number of carbonyl (C=O) groups is 3. The number of hydrogen-bond donors (Lipinski definition) is 6. The van der Waals surface area contributed by atoms with Crippen LogP contribution < -0.4 is 15.6 Å². The van der Waals surface area contributed by atoms with Gasteiger partial charge in [0.2, 0.25) is 6.29 Å². The van der Waals surface area contributed by atoms with Crippen molar-refractivity contribution in [2.45, 2.75) is 101 Å². The predicted octanol–water partition coefficient (Wildman–Crippen LogP) is 2.18. The average molecular weight is 845 g/mol. The molecular weight excluding hydrogens is 807 g/mol. The summed E-state index contributed by atoms with van der Waals surface area (Å²) in [5.74, 6) is -1.26. The summed E-state index contributed by atoms with van der Waals surface area (Å²) in [7, 11) is 0. The number of aliphatic carboxylic acids is 1. The van der Waals surface area contributed by atoms with Gasteiger partial charge in [-0.05, 0) is 55.0 Å². The Morgan fingerprint density at radius 2 is 1.92 bits per heavy atom. The number of alkyl carbamates (subject to hydrolysis) is 1. The van der Waals surface area contributed by atoms with Crippen LogP contribution in [0, 0.1) is 35.2 Å². The van der Waals surface area contributed by atoms with Gasteiger partial charge in [-0.3, -0.25) is 14.9 Å². The third-order valence-corrected chi connectivity index (χ3v) is 11.8. The zero-order valence-corrected chi connectivity index (χ0v) is 32.3. The summed E-state index contributed by atoms with van der Waals surface area (Å²) in [4.78, 5) is 68.2. The lowest BCUT2D eigenvalue weighted by Gasteiger charge is -2.38. The van der Waals surface area contributed by atoms with Crippen molar-refractivity contribution in [3.05, 3.63) is 95.6 Å². The quantitative estimate of drug-likeness (QED) is 0.0537. The van der Waals surface area contributed by atoms with E-state index in [1.165, 1.54) is 22.8 Å². The number of aryl methyl sites for hydroxylation is 1. The molecule has 0 spiro atoms. The number of halogens is 1. The van der Waals surface area contributed by atoms with Crippen molar-refractivity contribution < 1.29 is 68.2 Å². The molecule has 5 heterocycles. The first kappa shape index (κ1) is 41.2. The maximum atomic E-state index is 15.4. The van der Waals surface area contributed by atoms with E-state index in [4.69, 9.17) is 30.4 Å². The van der Waals surface area contributed by atoms with Crippen molar-refractivity contribution in [2.75, 3.05) is 0 Å². The van der Waals surface area contributed by atoms with Crippen LogP contribution in [0.4, 0.5) is 14.9 Å². The number of rotatable bonds is 9. The predicted molar refractivity (Wildman–Crippen MR) is 204 cm³/mol. The Morgan fingerprint density at radius 3 is 2.61 bits per heavy atom. The minimum atomic E-state index is -2.09. The number of nitrogens with zero attached hydrogens (tertiary/aromatic N) is 3. The number of fused-ring (bicyclic) bond motifs is 5. The fourth-order valence-corrected chi connectivity index (χ4v) is 8.59. The second kappa shape index (κ2) is 15.2. The van der Waals surface area contributed by atoms with E-state index in [1.807, 2.05) is 0 Å². The molecule has 1 aliphatic carbocycles. The van der Waals surface area contributed by atoms with Gasteiger partial charge >= 0.3 is 23.7 Å². The molecule has 20 heteroatoms. The minimum Gasteiger partial charge on any atom is -0.479 e. The number of carboxylic acid groups (broad SMARTS) is 1. The normalized spacial score (nSPS) is 25.3. The molecule has 19 nitrogen and oxygen atoms in total. The molecule has 1 amide bonds. The third kappa shape index (κ3) is 6.61. The number of aromatic nitrogens is 2. The number of nitro groups is 1. The highest BCUT2D eigenvalue weighted by Crippen LogP contribution is 2.46. The highest BCUT2D eigenvalue weighted by atomic mass is 19.1. The molecule has 0 radical (unpaired) electrons. The number of amides is 1. The van der Waals surface area contributed by atoms with E-state index in [2.05, 4.69) is 11.2 Å². The van der Waals surface area contributed by atoms with Crippen LogP contribution in [0.5, 0.6) is 5.75 Å². The third-order valence-electron chi connectivity index (χ3n) is 11.8. The van der Waals surface area contributed by atoms with Crippen LogP contribution in [-0.2, 0) is 49.0 Å². The molecule has 318 valence electrons. The van der Waals surface area contributed by atoms with Gasteiger partial charge in [-0.2, -0.15) is 0 Å². The number of aliphatic hydroxyl groups is 4. The molecule has 0 saturated carbocycles. The maximum absolute atomic E-state index is 15.4. The molecule has 1 fully saturated rings. The fraction of sp³-hybridized carbons (Fsp3) is 0.390. The summed E-state index contributed by atoms with van der Waals surface area (Å²) in [6.07, 6.45) is -6.51. The molecule has 61 heavy (non-hydrogen) atoms. The Hall–Kier alpha value is -6.50. The Balaban J connectivity index is 1.12. The van der Waals surface area contributed by atoms with Gasteiger partial charge in [0.1, 0.15) is 36.8 Å². The van der Waals surface area contributed by atoms with E-state index in [9.17, 15) is 54.8 Å². The fourth-order valence-electron chi connectivity index (χ4n) is 8.59. The summed E-state index contributed by atoms with van der Waals surface area (Å²) in [6, 6.07) is 5.31. The zero-order valence-electron chi connectivity index (χ0n) is 32.3. The Kier molecular flexibility index (Phi) is 10.3. The van der Waals surface area contributed by atoms with Crippen LogP contribution in [0.3, 0.4) is 0 Å². The number of nitrogens with one attached hydrogen (secondary N) is 1.